The average Bonchev–Trinajstić information content (AvgIpc) is 2.22. The molecule has 0 aliphatic heterocycles. The third kappa shape index (κ3) is 3.14. The summed E-state index contributed by atoms with van der Waals surface area (Å²) in [5.74, 6) is -0.746. The lowest BCUT2D eigenvalue weighted by Crippen LogP contribution is -2.19. The molecule has 0 unspecified atom stereocenters. The summed E-state index contributed by atoms with van der Waals surface area (Å²) in [6.45, 7) is 0. The first kappa shape index (κ1) is 12.9. The van der Waals surface area contributed by atoms with Crippen LogP contribution in [0.1, 0.15) is 5.69 Å². The predicted octanol–water partition coefficient (Wildman–Crippen LogP) is 1.64. The Kier molecular flexibility index (Phi) is 3.62. The van der Waals surface area contributed by atoms with Crippen molar-refractivity contribution in [1.29, 1.82) is 5.26 Å². The SMILES string of the molecule is COc1cnc(CC#N)c(OC(F)(F)F)c1N. The molecule has 0 spiro atoms. The van der Waals surface area contributed by atoms with Crippen molar-refractivity contribution in [2.45, 2.75) is 12.8 Å². The Morgan fingerprint density at radius 3 is 2.65 bits per heavy atom. The maximum Gasteiger partial charge on any atom is 0.573 e. The molecule has 0 radical (unpaired) electrons. The standard InChI is InChI=1S/C9H8F3N3O2/c1-16-6-4-15-5(2-3-13)8(7(6)14)17-9(10,11)12/h4H,2H2,1H3,(H2,14,15). The molecule has 1 aromatic heterocycles. The van der Waals surface area contributed by atoms with Crippen molar-refractivity contribution < 1.29 is 22.6 Å². The number of hydrogen-bond donors (Lipinski definition) is 1. The van der Waals surface area contributed by atoms with Crippen molar-refractivity contribution in [2.75, 3.05) is 12.8 Å². The van der Waals surface area contributed by atoms with Gasteiger partial charge in [-0.15, -0.1) is 13.2 Å². The van der Waals surface area contributed by atoms with E-state index in [0.717, 1.165) is 6.20 Å². The van der Waals surface area contributed by atoms with Gasteiger partial charge in [0.15, 0.2) is 11.5 Å². The topological polar surface area (TPSA) is 81.2 Å². The zero-order valence-electron chi connectivity index (χ0n) is 8.71. The van der Waals surface area contributed by atoms with Gasteiger partial charge in [0.25, 0.3) is 0 Å². The lowest BCUT2D eigenvalue weighted by atomic mass is 10.2. The first-order valence-corrected chi connectivity index (χ1v) is 4.33. The van der Waals surface area contributed by atoms with Crippen LogP contribution in [0.15, 0.2) is 6.20 Å². The van der Waals surface area contributed by atoms with Crippen molar-refractivity contribution in [2.24, 2.45) is 0 Å². The first-order valence-electron chi connectivity index (χ1n) is 4.33. The van der Waals surface area contributed by atoms with Crippen LogP contribution in [0.4, 0.5) is 18.9 Å². The highest BCUT2D eigenvalue weighted by molar-refractivity contribution is 5.64. The number of methoxy groups -OCH3 is 1. The van der Waals surface area contributed by atoms with Crippen LogP contribution in [0.5, 0.6) is 11.5 Å². The minimum absolute atomic E-state index is 0.0501. The third-order valence-corrected chi connectivity index (χ3v) is 1.79. The zero-order chi connectivity index (χ0) is 13.1. The van der Waals surface area contributed by atoms with Gasteiger partial charge >= 0.3 is 6.36 Å². The largest absolute Gasteiger partial charge is 0.573 e. The van der Waals surface area contributed by atoms with Gasteiger partial charge in [0.2, 0.25) is 0 Å². The third-order valence-electron chi connectivity index (χ3n) is 1.79. The molecule has 0 saturated heterocycles. The molecule has 5 nitrogen and oxygen atoms in total. The van der Waals surface area contributed by atoms with E-state index in [-0.39, 0.29) is 23.6 Å². The molecule has 8 heteroatoms. The smallest absolute Gasteiger partial charge is 0.493 e. The van der Waals surface area contributed by atoms with E-state index in [0.29, 0.717) is 0 Å². The first-order chi connectivity index (χ1) is 7.89. The summed E-state index contributed by atoms with van der Waals surface area (Å²) >= 11 is 0. The lowest BCUT2D eigenvalue weighted by molar-refractivity contribution is -0.274. The van der Waals surface area contributed by atoms with Crippen LogP contribution >= 0.6 is 0 Å². The Hall–Kier alpha value is -2.17. The number of nitrogen functional groups attached to an aromatic ring is 1. The van der Waals surface area contributed by atoms with Crippen molar-refractivity contribution in [3.63, 3.8) is 0 Å². The fourth-order valence-electron chi connectivity index (χ4n) is 1.13. The van der Waals surface area contributed by atoms with Gasteiger partial charge in [-0.3, -0.25) is 4.98 Å². The summed E-state index contributed by atoms with van der Waals surface area (Å²) < 4.78 is 44.9. The minimum atomic E-state index is -4.91. The molecule has 0 bridgehead atoms. The van der Waals surface area contributed by atoms with E-state index in [1.807, 2.05) is 0 Å². The van der Waals surface area contributed by atoms with E-state index in [1.165, 1.54) is 7.11 Å². The van der Waals surface area contributed by atoms with Gasteiger partial charge in [-0.25, -0.2) is 0 Å². The lowest BCUT2D eigenvalue weighted by Gasteiger charge is -2.15. The zero-order valence-corrected chi connectivity index (χ0v) is 8.71. The molecule has 0 amide bonds. The number of nitriles is 1. The molecule has 0 saturated carbocycles. The summed E-state index contributed by atoms with van der Waals surface area (Å²) in [6, 6.07) is 1.67. The second-order valence-electron chi connectivity index (χ2n) is 2.90. The van der Waals surface area contributed by atoms with Crippen LogP contribution in [0, 0.1) is 11.3 Å². The van der Waals surface area contributed by atoms with E-state index in [9.17, 15) is 13.2 Å². The second kappa shape index (κ2) is 4.78. The number of rotatable bonds is 3. The highest BCUT2D eigenvalue weighted by Crippen LogP contribution is 2.36. The molecule has 0 aliphatic rings. The van der Waals surface area contributed by atoms with Crippen LogP contribution in [-0.4, -0.2) is 18.5 Å². The maximum atomic E-state index is 12.1. The molecule has 92 valence electrons. The van der Waals surface area contributed by atoms with Gasteiger partial charge < -0.3 is 15.2 Å². The van der Waals surface area contributed by atoms with Crippen LogP contribution in [0.2, 0.25) is 0 Å². The fourth-order valence-corrected chi connectivity index (χ4v) is 1.13. The summed E-state index contributed by atoms with van der Waals surface area (Å²) in [4.78, 5) is 3.63. The van der Waals surface area contributed by atoms with Gasteiger partial charge in [0.05, 0.1) is 31.5 Å². The number of halogens is 3. The summed E-state index contributed by atoms with van der Waals surface area (Å²) in [5.41, 5.74) is 4.90. The van der Waals surface area contributed by atoms with Gasteiger partial charge in [0, 0.05) is 0 Å². The molecule has 1 aromatic rings. The second-order valence-corrected chi connectivity index (χ2v) is 2.90. The predicted molar refractivity (Wildman–Crippen MR) is 51.2 cm³/mol. The Balaban J connectivity index is 3.25. The molecule has 0 atom stereocenters. The van der Waals surface area contributed by atoms with Crippen LogP contribution < -0.4 is 15.2 Å². The van der Waals surface area contributed by atoms with E-state index in [1.54, 1.807) is 6.07 Å². The Morgan fingerprint density at radius 2 is 2.18 bits per heavy atom. The van der Waals surface area contributed by atoms with Crippen molar-refractivity contribution in [3.05, 3.63) is 11.9 Å². The van der Waals surface area contributed by atoms with Crippen molar-refractivity contribution in [3.8, 4) is 17.6 Å². The maximum absolute atomic E-state index is 12.1. The Labute approximate surface area is 94.6 Å². The van der Waals surface area contributed by atoms with Crippen molar-refractivity contribution in [1.82, 2.24) is 4.98 Å². The number of aromatic nitrogens is 1. The highest BCUT2D eigenvalue weighted by Gasteiger charge is 2.34. The molecule has 2 N–H and O–H groups in total. The summed E-state index contributed by atoms with van der Waals surface area (Å²) in [5, 5.41) is 8.46. The molecule has 1 heterocycles. The molecule has 0 aliphatic carbocycles. The molecule has 1 rings (SSSR count). The highest BCUT2D eigenvalue weighted by atomic mass is 19.4. The number of nitrogens with zero attached hydrogens (tertiary/aromatic N) is 2. The molecule has 0 fully saturated rings. The van der Waals surface area contributed by atoms with Crippen molar-refractivity contribution >= 4 is 5.69 Å². The van der Waals surface area contributed by atoms with Gasteiger partial charge in [-0.05, 0) is 0 Å². The van der Waals surface area contributed by atoms with Gasteiger partial charge in [-0.1, -0.05) is 0 Å². The minimum Gasteiger partial charge on any atom is -0.493 e. The van der Waals surface area contributed by atoms with E-state index in [2.05, 4.69) is 9.72 Å². The average molecular weight is 247 g/mol. The number of anilines is 1. The van der Waals surface area contributed by atoms with Crippen LogP contribution in [-0.2, 0) is 6.42 Å². The molecule has 17 heavy (non-hydrogen) atoms. The number of hydrogen-bond acceptors (Lipinski definition) is 5. The molecular weight excluding hydrogens is 239 g/mol. The summed E-state index contributed by atoms with van der Waals surface area (Å²) in [7, 11) is 1.23. The normalized spacial score (nSPS) is 10.8. The quantitative estimate of drug-likeness (QED) is 0.877. The number of alkyl halides is 3. The number of nitrogens with two attached hydrogens (primary N) is 1. The fraction of sp³-hybridized carbons (Fsp3) is 0.333. The Morgan fingerprint density at radius 1 is 1.53 bits per heavy atom. The Bertz CT molecular complexity index is 454. The van der Waals surface area contributed by atoms with Gasteiger partial charge in [-0.2, -0.15) is 5.26 Å². The van der Waals surface area contributed by atoms with Gasteiger partial charge in [0.1, 0.15) is 5.69 Å². The van der Waals surface area contributed by atoms with E-state index < -0.39 is 12.1 Å². The van der Waals surface area contributed by atoms with Crippen LogP contribution in [0.25, 0.3) is 0 Å². The van der Waals surface area contributed by atoms with Crippen LogP contribution in [0.3, 0.4) is 0 Å². The monoisotopic (exact) mass is 247 g/mol. The number of ether oxygens (including phenoxy) is 2. The molecule has 0 aromatic carbocycles. The number of pyridine rings is 1. The molecular formula is C9H8F3N3O2. The summed E-state index contributed by atoms with van der Waals surface area (Å²) in [6.07, 6.45) is -4.13. The van der Waals surface area contributed by atoms with E-state index in [4.69, 9.17) is 15.7 Å². The van der Waals surface area contributed by atoms with E-state index >= 15 is 0 Å².